The Kier molecular flexibility index (Phi) is 5.02. The van der Waals surface area contributed by atoms with Gasteiger partial charge in [0.15, 0.2) is 0 Å². The van der Waals surface area contributed by atoms with E-state index in [4.69, 9.17) is 11.6 Å². The number of hydrogen-bond donors (Lipinski definition) is 1. The zero-order valence-electron chi connectivity index (χ0n) is 15.2. The van der Waals surface area contributed by atoms with Crippen molar-refractivity contribution in [2.75, 3.05) is 5.32 Å². The topological polar surface area (TPSA) is 42.0 Å². The van der Waals surface area contributed by atoms with E-state index in [2.05, 4.69) is 15.7 Å². The SMILES string of the molecule is Cc1nc(-c2ccc(NC(=O)C3(c4ccc(Cl)cc4)CCCC3)cc2)cs1. The number of carbonyl (C=O) groups is 1. The highest BCUT2D eigenvalue weighted by Gasteiger charge is 2.42. The van der Waals surface area contributed by atoms with Crippen LogP contribution >= 0.6 is 22.9 Å². The Morgan fingerprint density at radius 2 is 1.74 bits per heavy atom. The van der Waals surface area contributed by atoms with E-state index in [9.17, 15) is 4.79 Å². The van der Waals surface area contributed by atoms with E-state index < -0.39 is 5.41 Å². The molecule has 0 radical (unpaired) electrons. The minimum Gasteiger partial charge on any atom is -0.325 e. The maximum atomic E-state index is 13.2. The number of amides is 1. The van der Waals surface area contributed by atoms with Crippen LogP contribution in [0.1, 0.15) is 36.3 Å². The van der Waals surface area contributed by atoms with Crippen LogP contribution in [0, 0.1) is 6.92 Å². The predicted octanol–water partition coefficient (Wildman–Crippen LogP) is 6.22. The standard InChI is InChI=1S/C22H21ClN2OS/c1-15-24-20(14-27-15)16-4-10-19(11-5-16)25-21(26)22(12-2-3-13-22)17-6-8-18(23)9-7-17/h4-11,14H,2-3,12-13H2,1H3,(H,25,26). The molecule has 1 heterocycles. The van der Waals surface area contributed by atoms with Gasteiger partial charge >= 0.3 is 0 Å². The molecule has 0 saturated heterocycles. The number of halogens is 1. The highest BCUT2D eigenvalue weighted by Crippen LogP contribution is 2.42. The van der Waals surface area contributed by atoms with Crippen molar-refractivity contribution in [3.8, 4) is 11.3 Å². The minimum absolute atomic E-state index is 0.0691. The number of aromatic nitrogens is 1. The zero-order valence-corrected chi connectivity index (χ0v) is 16.7. The van der Waals surface area contributed by atoms with Crippen LogP contribution in [0.3, 0.4) is 0 Å². The average Bonchev–Trinajstić information content (AvgIpc) is 3.33. The number of thiazole rings is 1. The Hall–Kier alpha value is -2.17. The first-order valence-corrected chi connectivity index (χ1v) is 10.4. The number of anilines is 1. The summed E-state index contributed by atoms with van der Waals surface area (Å²) in [7, 11) is 0. The first-order chi connectivity index (χ1) is 13.1. The molecule has 1 saturated carbocycles. The fourth-order valence-corrected chi connectivity index (χ4v) is 4.61. The van der Waals surface area contributed by atoms with Gasteiger partial charge in [-0.15, -0.1) is 11.3 Å². The quantitative estimate of drug-likeness (QED) is 0.568. The molecule has 5 heteroatoms. The van der Waals surface area contributed by atoms with Gasteiger partial charge in [-0.1, -0.05) is 48.7 Å². The van der Waals surface area contributed by atoms with Gasteiger partial charge < -0.3 is 5.32 Å². The molecule has 3 aromatic rings. The monoisotopic (exact) mass is 396 g/mol. The smallest absolute Gasteiger partial charge is 0.235 e. The Labute approximate surface area is 168 Å². The van der Waals surface area contributed by atoms with E-state index in [1.165, 1.54) is 0 Å². The molecular formula is C22H21ClN2OS. The van der Waals surface area contributed by atoms with Crippen LogP contribution in [0.4, 0.5) is 5.69 Å². The molecule has 1 aliphatic carbocycles. The molecule has 0 aliphatic heterocycles. The van der Waals surface area contributed by atoms with Gasteiger partial charge in [-0.05, 0) is 49.6 Å². The van der Waals surface area contributed by atoms with Crippen molar-refractivity contribution in [2.45, 2.75) is 38.0 Å². The summed E-state index contributed by atoms with van der Waals surface area (Å²) in [6.07, 6.45) is 3.88. The van der Waals surface area contributed by atoms with Gasteiger partial charge in [-0.3, -0.25) is 4.79 Å². The number of nitrogens with zero attached hydrogens (tertiary/aromatic N) is 1. The molecule has 4 rings (SSSR count). The van der Waals surface area contributed by atoms with Crippen LogP contribution in [-0.2, 0) is 10.2 Å². The molecule has 0 unspecified atom stereocenters. The van der Waals surface area contributed by atoms with Gasteiger partial charge in [0.25, 0.3) is 0 Å². The summed E-state index contributed by atoms with van der Waals surface area (Å²) in [5.74, 6) is 0.0691. The normalized spacial score (nSPS) is 15.6. The van der Waals surface area contributed by atoms with Crippen LogP contribution in [0.15, 0.2) is 53.9 Å². The van der Waals surface area contributed by atoms with Crippen LogP contribution in [0.2, 0.25) is 5.02 Å². The highest BCUT2D eigenvalue weighted by atomic mass is 35.5. The van der Waals surface area contributed by atoms with Crippen molar-refractivity contribution < 1.29 is 4.79 Å². The first-order valence-electron chi connectivity index (χ1n) is 9.17. The summed E-state index contributed by atoms with van der Waals surface area (Å²) < 4.78 is 0. The van der Waals surface area contributed by atoms with Crippen molar-refractivity contribution in [1.82, 2.24) is 4.98 Å². The third kappa shape index (κ3) is 3.64. The molecule has 1 amide bonds. The third-order valence-corrected chi connectivity index (χ3v) is 6.37. The van der Waals surface area contributed by atoms with Gasteiger partial charge in [0.1, 0.15) is 0 Å². The van der Waals surface area contributed by atoms with Crippen LogP contribution in [0.5, 0.6) is 0 Å². The van der Waals surface area contributed by atoms with E-state index in [0.717, 1.165) is 53.2 Å². The molecule has 1 fully saturated rings. The summed E-state index contributed by atoms with van der Waals surface area (Å²) >= 11 is 7.67. The lowest BCUT2D eigenvalue weighted by molar-refractivity contribution is -0.121. The second-order valence-corrected chi connectivity index (χ2v) is 8.58. The molecule has 1 N–H and O–H groups in total. The van der Waals surface area contributed by atoms with Crippen LogP contribution in [0.25, 0.3) is 11.3 Å². The summed E-state index contributed by atoms with van der Waals surface area (Å²) in [5, 5.41) is 6.93. The number of rotatable bonds is 4. The fraction of sp³-hybridized carbons (Fsp3) is 0.273. The van der Waals surface area contributed by atoms with E-state index in [1.807, 2.05) is 55.5 Å². The largest absolute Gasteiger partial charge is 0.325 e. The summed E-state index contributed by atoms with van der Waals surface area (Å²) in [4.78, 5) is 17.7. The Balaban J connectivity index is 1.55. The molecule has 138 valence electrons. The molecule has 27 heavy (non-hydrogen) atoms. The van der Waals surface area contributed by atoms with E-state index in [-0.39, 0.29) is 5.91 Å². The third-order valence-electron chi connectivity index (χ3n) is 5.35. The lowest BCUT2D eigenvalue weighted by Crippen LogP contribution is -2.37. The number of nitrogens with one attached hydrogen (secondary N) is 1. The van der Waals surface area contributed by atoms with Crippen molar-refractivity contribution in [3.63, 3.8) is 0 Å². The molecule has 0 atom stereocenters. The number of carbonyl (C=O) groups excluding carboxylic acids is 1. The van der Waals surface area contributed by atoms with Gasteiger partial charge in [0, 0.05) is 21.7 Å². The van der Waals surface area contributed by atoms with Crippen molar-refractivity contribution >= 4 is 34.5 Å². The molecule has 0 bridgehead atoms. The van der Waals surface area contributed by atoms with Gasteiger partial charge in [-0.2, -0.15) is 0 Å². The van der Waals surface area contributed by atoms with Crippen LogP contribution < -0.4 is 5.32 Å². The second kappa shape index (κ2) is 7.45. The van der Waals surface area contributed by atoms with Gasteiger partial charge in [0.2, 0.25) is 5.91 Å². The summed E-state index contributed by atoms with van der Waals surface area (Å²) in [5.41, 5.74) is 3.44. The lowest BCUT2D eigenvalue weighted by Gasteiger charge is -2.28. The van der Waals surface area contributed by atoms with E-state index >= 15 is 0 Å². The van der Waals surface area contributed by atoms with Crippen molar-refractivity contribution in [3.05, 3.63) is 69.5 Å². The molecular weight excluding hydrogens is 376 g/mol. The zero-order chi connectivity index (χ0) is 18.9. The Bertz CT molecular complexity index is 941. The molecule has 3 nitrogen and oxygen atoms in total. The van der Waals surface area contributed by atoms with Crippen molar-refractivity contribution in [1.29, 1.82) is 0 Å². The number of benzene rings is 2. The lowest BCUT2D eigenvalue weighted by atomic mass is 9.78. The van der Waals surface area contributed by atoms with Gasteiger partial charge in [0.05, 0.1) is 16.1 Å². The highest BCUT2D eigenvalue weighted by molar-refractivity contribution is 7.09. The van der Waals surface area contributed by atoms with Crippen molar-refractivity contribution in [2.24, 2.45) is 0 Å². The van der Waals surface area contributed by atoms with Crippen LogP contribution in [-0.4, -0.2) is 10.9 Å². The first kappa shape index (κ1) is 18.2. The maximum Gasteiger partial charge on any atom is 0.235 e. The maximum absolute atomic E-state index is 13.2. The Morgan fingerprint density at radius 1 is 1.07 bits per heavy atom. The Morgan fingerprint density at radius 3 is 2.33 bits per heavy atom. The molecule has 1 aromatic heterocycles. The predicted molar refractivity (Wildman–Crippen MR) is 113 cm³/mol. The summed E-state index contributed by atoms with van der Waals surface area (Å²) in [6.45, 7) is 2.00. The summed E-state index contributed by atoms with van der Waals surface area (Å²) in [6, 6.07) is 15.6. The molecule has 1 aliphatic rings. The average molecular weight is 397 g/mol. The van der Waals surface area contributed by atoms with Gasteiger partial charge in [-0.25, -0.2) is 4.98 Å². The minimum atomic E-state index is -0.463. The molecule has 0 spiro atoms. The number of hydrogen-bond acceptors (Lipinski definition) is 3. The van der Waals surface area contributed by atoms with E-state index in [0.29, 0.717) is 5.02 Å². The second-order valence-electron chi connectivity index (χ2n) is 7.08. The molecule has 2 aromatic carbocycles. The fourth-order valence-electron chi connectivity index (χ4n) is 3.87. The van der Waals surface area contributed by atoms with E-state index in [1.54, 1.807) is 11.3 Å². The number of aryl methyl sites for hydroxylation is 1.